The Kier molecular flexibility index (Phi) is 7.28. The fraction of sp³-hybridized carbons (Fsp3) is 0.276. The molecular weight excluding hydrogens is 471 g/mol. The minimum Gasteiger partial charge on any atom is -0.489 e. The van der Waals surface area contributed by atoms with Gasteiger partial charge in [-0.1, -0.05) is 24.3 Å². The second kappa shape index (κ2) is 10.9. The second-order valence-electron chi connectivity index (χ2n) is 9.33. The van der Waals surface area contributed by atoms with Gasteiger partial charge in [-0.25, -0.2) is 4.98 Å². The van der Waals surface area contributed by atoms with Crippen LogP contribution in [-0.2, 0) is 6.42 Å². The molecule has 7 nitrogen and oxygen atoms in total. The first-order chi connectivity index (χ1) is 18.0. The van der Waals surface area contributed by atoms with Crippen LogP contribution in [0.4, 0.5) is 10.1 Å². The molecule has 1 aliphatic rings. The summed E-state index contributed by atoms with van der Waals surface area (Å²) in [6, 6.07) is 21.7. The van der Waals surface area contributed by atoms with Crippen LogP contribution in [0.3, 0.4) is 0 Å². The summed E-state index contributed by atoms with van der Waals surface area (Å²) in [6.07, 6.45) is 2.87. The van der Waals surface area contributed by atoms with E-state index in [0.717, 1.165) is 22.3 Å². The van der Waals surface area contributed by atoms with Gasteiger partial charge in [0.05, 0.1) is 5.60 Å². The zero-order valence-electron chi connectivity index (χ0n) is 20.4. The first-order valence-corrected chi connectivity index (χ1v) is 12.4. The minimum absolute atomic E-state index is 0.0655. The number of nitrogens with one attached hydrogen (secondary N) is 1. The molecule has 0 radical (unpaired) electrons. The van der Waals surface area contributed by atoms with Gasteiger partial charge in [-0.15, -0.1) is 0 Å². The minimum atomic E-state index is -0.991. The summed E-state index contributed by atoms with van der Waals surface area (Å²) in [6.45, 7) is 1.94. The predicted octanol–water partition coefficient (Wildman–Crippen LogP) is 4.47. The molecule has 0 spiro atoms. The van der Waals surface area contributed by atoms with Gasteiger partial charge < -0.3 is 20.1 Å². The number of carbonyl (C=O) groups excluding carboxylic acids is 1. The van der Waals surface area contributed by atoms with Crippen LogP contribution in [0.2, 0.25) is 0 Å². The fourth-order valence-corrected chi connectivity index (χ4v) is 4.65. The molecule has 4 aromatic rings. The topological polar surface area (TPSA) is 87.6 Å². The predicted molar refractivity (Wildman–Crippen MR) is 140 cm³/mol. The monoisotopic (exact) mass is 500 g/mol. The standard InChI is InChI=1S/C29H29FN4O3/c30-26-8-2-6-24(33-26)20-29(36)13-17-34(18-14-29)28(35)22-9-11-23(12-10-22)31-16-19-37-25-7-1-4-21-5-3-15-32-27(21)25/h1-12,15,31,36H,13-14,16-20H2. The Morgan fingerprint density at radius 1 is 1.03 bits per heavy atom. The number of nitrogens with zero attached hydrogens (tertiary/aromatic N) is 3. The number of pyridine rings is 2. The van der Waals surface area contributed by atoms with Crippen LogP contribution in [0, 0.1) is 5.95 Å². The Labute approximate surface area is 214 Å². The Bertz CT molecular complexity index is 1370. The van der Waals surface area contributed by atoms with Gasteiger partial charge in [0.25, 0.3) is 5.91 Å². The Morgan fingerprint density at radius 2 is 1.78 bits per heavy atom. The Balaban J connectivity index is 1.09. The lowest BCUT2D eigenvalue weighted by Crippen LogP contribution is -2.47. The van der Waals surface area contributed by atoms with E-state index in [1.165, 1.54) is 6.07 Å². The SMILES string of the molecule is O=C(c1ccc(NCCOc2cccc3cccnc23)cc1)N1CCC(O)(Cc2cccc(F)n2)CC1. The van der Waals surface area contributed by atoms with Gasteiger partial charge in [-0.05, 0) is 61.4 Å². The van der Waals surface area contributed by atoms with Crippen LogP contribution < -0.4 is 10.1 Å². The highest BCUT2D eigenvalue weighted by Gasteiger charge is 2.34. The molecule has 5 rings (SSSR count). The number of halogens is 1. The number of aliphatic hydroxyl groups is 1. The zero-order valence-corrected chi connectivity index (χ0v) is 20.4. The summed E-state index contributed by atoms with van der Waals surface area (Å²) in [5, 5.41) is 15.3. The number of amides is 1. The van der Waals surface area contributed by atoms with Crippen LogP contribution in [0.5, 0.6) is 5.75 Å². The van der Waals surface area contributed by atoms with Gasteiger partial charge in [-0.3, -0.25) is 9.78 Å². The molecule has 2 N–H and O–H groups in total. The smallest absolute Gasteiger partial charge is 0.253 e. The second-order valence-corrected chi connectivity index (χ2v) is 9.33. The maximum absolute atomic E-state index is 13.4. The molecule has 0 saturated carbocycles. The van der Waals surface area contributed by atoms with Crippen molar-refractivity contribution in [2.24, 2.45) is 0 Å². The van der Waals surface area contributed by atoms with Crippen molar-refractivity contribution in [2.45, 2.75) is 24.9 Å². The van der Waals surface area contributed by atoms with Crippen LogP contribution in [0.15, 0.2) is 79.0 Å². The number of rotatable bonds is 8. The van der Waals surface area contributed by atoms with Crippen molar-refractivity contribution >= 4 is 22.5 Å². The molecule has 1 fully saturated rings. The molecular formula is C29H29FN4O3. The molecule has 1 amide bonds. The van der Waals surface area contributed by atoms with Gasteiger partial charge in [0.1, 0.15) is 17.9 Å². The summed E-state index contributed by atoms with van der Waals surface area (Å²) < 4.78 is 19.3. The number of anilines is 1. The van der Waals surface area contributed by atoms with E-state index in [0.29, 0.717) is 50.3 Å². The molecule has 0 aliphatic carbocycles. The van der Waals surface area contributed by atoms with E-state index in [4.69, 9.17) is 4.74 Å². The molecule has 1 saturated heterocycles. The molecule has 2 aromatic heterocycles. The Morgan fingerprint density at radius 3 is 2.57 bits per heavy atom. The maximum Gasteiger partial charge on any atom is 0.253 e. The van der Waals surface area contributed by atoms with E-state index in [1.807, 2.05) is 42.5 Å². The number of piperidine rings is 1. The van der Waals surface area contributed by atoms with Crippen molar-refractivity contribution in [3.63, 3.8) is 0 Å². The highest BCUT2D eigenvalue weighted by Crippen LogP contribution is 2.27. The number of hydrogen-bond donors (Lipinski definition) is 2. The molecule has 0 atom stereocenters. The molecule has 0 unspecified atom stereocenters. The lowest BCUT2D eigenvalue weighted by Gasteiger charge is -2.38. The molecule has 2 aromatic carbocycles. The van der Waals surface area contributed by atoms with E-state index in [2.05, 4.69) is 15.3 Å². The van der Waals surface area contributed by atoms with Crippen molar-refractivity contribution in [2.75, 3.05) is 31.6 Å². The molecule has 37 heavy (non-hydrogen) atoms. The molecule has 190 valence electrons. The van der Waals surface area contributed by atoms with Gasteiger partial charge in [0.2, 0.25) is 5.95 Å². The first kappa shape index (κ1) is 24.6. The highest BCUT2D eigenvalue weighted by molar-refractivity contribution is 5.94. The van der Waals surface area contributed by atoms with E-state index >= 15 is 0 Å². The lowest BCUT2D eigenvalue weighted by molar-refractivity contribution is -0.0169. The summed E-state index contributed by atoms with van der Waals surface area (Å²) in [7, 11) is 0. The Hall–Kier alpha value is -4.04. The van der Waals surface area contributed by atoms with E-state index in [1.54, 1.807) is 35.4 Å². The van der Waals surface area contributed by atoms with Crippen molar-refractivity contribution in [1.29, 1.82) is 0 Å². The molecule has 8 heteroatoms. The number of carbonyl (C=O) groups is 1. The summed E-state index contributed by atoms with van der Waals surface area (Å²) in [5.41, 5.74) is 1.86. The molecule has 1 aliphatic heterocycles. The molecule has 3 heterocycles. The highest BCUT2D eigenvalue weighted by atomic mass is 19.1. The van der Waals surface area contributed by atoms with Crippen molar-refractivity contribution < 1.29 is 19.0 Å². The summed E-state index contributed by atoms with van der Waals surface area (Å²) >= 11 is 0. The number of likely N-dealkylation sites (tertiary alicyclic amines) is 1. The van der Waals surface area contributed by atoms with Gasteiger partial charge in [0, 0.05) is 54.6 Å². The number of hydrogen-bond acceptors (Lipinski definition) is 6. The van der Waals surface area contributed by atoms with E-state index in [-0.39, 0.29) is 12.3 Å². The number of para-hydroxylation sites is 1. The van der Waals surface area contributed by atoms with Crippen LogP contribution in [0.1, 0.15) is 28.9 Å². The fourth-order valence-electron chi connectivity index (χ4n) is 4.65. The number of aromatic nitrogens is 2. The zero-order chi connectivity index (χ0) is 25.7. The van der Waals surface area contributed by atoms with Crippen molar-refractivity contribution in [1.82, 2.24) is 14.9 Å². The third-order valence-electron chi connectivity index (χ3n) is 6.68. The van der Waals surface area contributed by atoms with E-state index in [9.17, 15) is 14.3 Å². The van der Waals surface area contributed by atoms with E-state index < -0.39 is 11.5 Å². The third-order valence-corrected chi connectivity index (χ3v) is 6.68. The normalized spacial score (nSPS) is 14.9. The number of benzene rings is 2. The van der Waals surface area contributed by atoms with Gasteiger partial charge in [-0.2, -0.15) is 4.39 Å². The van der Waals surface area contributed by atoms with Gasteiger partial charge in [0.15, 0.2) is 0 Å². The van der Waals surface area contributed by atoms with Gasteiger partial charge >= 0.3 is 0 Å². The van der Waals surface area contributed by atoms with Crippen LogP contribution in [-0.4, -0.2) is 57.7 Å². The number of ether oxygens (including phenoxy) is 1. The van der Waals surface area contributed by atoms with Crippen molar-refractivity contribution in [3.05, 3.63) is 96.2 Å². The van der Waals surface area contributed by atoms with Crippen LogP contribution >= 0.6 is 0 Å². The van der Waals surface area contributed by atoms with Crippen LogP contribution in [0.25, 0.3) is 10.9 Å². The molecule has 0 bridgehead atoms. The first-order valence-electron chi connectivity index (χ1n) is 12.4. The average Bonchev–Trinajstić information content (AvgIpc) is 2.91. The summed E-state index contributed by atoms with van der Waals surface area (Å²) in [4.78, 5) is 23.0. The lowest BCUT2D eigenvalue weighted by atomic mass is 9.86. The number of fused-ring (bicyclic) bond motifs is 1. The largest absolute Gasteiger partial charge is 0.489 e. The average molecular weight is 501 g/mol. The summed E-state index contributed by atoms with van der Waals surface area (Å²) in [5.74, 6) is 0.132. The maximum atomic E-state index is 13.4. The van der Waals surface area contributed by atoms with Crippen molar-refractivity contribution in [3.8, 4) is 5.75 Å². The quantitative estimate of drug-likeness (QED) is 0.274. The third kappa shape index (κ3) is 6.03.